The molecule has 2 aliphatic rings. The van der Waals surface area contributed by atoms with Crippen molar-refractivity contribution in [2.45, 2.75) is 45.6 Å². The Hall–Kier alpha value is -1.64. The molecule has 1 amide bonds. The van der Waals surface area contributed by atoms with Crippen LogP contribution < -0.4 is 0 Å². The van der Waals surface area contributed by atoms with Gasteiger partial charge in [0.2, 0.25) is 0 Å². The molecule has 0 spiro atoms. The van der Waals surface area contributed by atoms with Crippen LogP contribution in [0.15, 0.2) is 29.4 Å². The highest BCUT2D eigenvalue weighted by atomic mass is 16.2. The van der Waals surface area contributed by atoms with Crippen LogP contribution >= 0.6 is 0 Å². The number of benzene rings is 1. The highest BCUT2D eigenvalue weighted by Crippen LogP contribution is 2.28. The fraction of sp³-hybridized carbons (Fsp3) is 0.500. The Morgan fingerprint density at radius 2 is 2.00 bits per heavy atom. The van der Waals surface area contributed by atoms with Gasteiger partial charge in [-0.3, -0.25) is 4.79 Å². The van der Waals surface area contributed by atoms with Gasteiger partial charge in [-0.05, 0) is 31.7 Å². The highest BCUT2D eigenvalue weighted by Gasteiger charge is 2.35. The van der Waals surface area contributed by atoms with Crippen LogP contribution in [-0.4, -0.2) is 16.6 Å². The van der Waals surface area contributed by atoms with E-state index in [1.54, 1.807) is 5.01 Å². The molecule has 19 heavy (non-hydrogen) atoms. The van der Waals surface area contributed by atoms with Gasteiger partial charge in [-0.1, -0.05) is 42.7 Å². The zero-order valence-corrected chi connectivity index (χ0v) is 11.4. The van der Waals surface area contributed by atoms with Crippen LogP contribution in [0.1, 0.15) is 43.2 Å². The van der Waals surface area contributed by atoms with E-state index in [9.17, 15) is 4.79 Å². The van der Waals surface area contributed by atoms with E-state index in [1.807, 2.05) is 0 Å². The summed E-state index contributed by atoms with van der Waals surface area (Å²) in [7, 11) is 0. The second-order valence-corrected chi connectivity index (χ2v) is 5.62. The summed E-state index contributed by atoms with van der Waals surface area (Å²) in [5, 5.41) is 6.25. The first kappa shape index (κ1) is 12.4. The number of carbonyl (C=O) groups is 1. The highest BCUT2D eigenvalue weighted by molar-refractivity contribution is 6.08. The number of hydrogen-bond acceptors (Lipinski definition) is 2. The van der Waals surface area contributed by atoms with E-state index in [0.29, 0.717) is 6.54 Å². The van der Waals surface area contributed by atoms with Crippen LogP contribution in [0.2, 0.25) is 0 Å². The van der Waals surface area contributed by atoms with Crippen molar-refractivity contribution < 1.29 is 4.79 Å². The molecular formula is C16H20N2O. The Labute approximate surface area is 114 Å². The first-order valence-corrected chi connectivity index (χ1v) is 7.18. The molecule has 1 unspecified atom stereocenters. The molecule has 0 bridgehead atoms. The van der Waals surface area contributed by atoms with Crippen molar-refractivity contribution in [1.82, 2.24) is 5.01 Å². The molecule has 3 heteroatoms. The number of amides is 1. The van der Waals surface area contributed by atoms with Gasteiger partial charge in [0.25, 0.3) is 5.91 Å². The molecule has 3 rings (SSSR count). The molecule has 1 aromatic carbocycles. The number of rotatable bonds is 2. The third kappa shape index (κ3) is 2.55. The van der Waals surface area contributed by atoms with Gasteiger partial charge in [-0.15, -0.1) is 0 Å². The Balaban J connectivity index is 1.75. The summed E-state index contributed by atoms with van der Waals surface area (Å²) in [6.45, 7) is 2.68. The number of hydrogen-bond donors (Lipinski definition) is 0. The Morgan fingerprint density at radius 1 is 1.21 bits per heavy atom. The van der Waals surface area contributed by atoms with Gasteiger partial charge in [0, 0.05) is 0 Å². The second-order valence-electron chi connectivity index (χ2n) is 5.62. The van der Waals surface area contributed by atoms with E-state index in [4.69, 9.17) is 0 Å². The lowest BCUT2D eigenvalue weighted by molar-refractivity contribution is -0.132. The largest absolute Gasteiger partial charge is 0.272 e. The first-order chi connectivity index (χ1) is 9.24. The number of hydrazone groups is 1. The lowest BCUT2D eigenvalue weighted by atomic mass is 9.98. The van der Waals surface area contributed by atoms with Crippen molar-refractivity contribution >= 4 is 11.6 Å². The van der Waals surface area contributed by atoms with Crippen molar-refractivity contribution in [1.29, 1.82) is 0 Å². The molecule has 1 atom stereocenters. The van der Waals surface area contributed by atoms with Gasteiger partial charge in [0.1, 0.15) is 0 Å². The molecule has 1 saturated carbocycles. The molecule has 0 N–H and O–H groups in total. The van der Waals surface area contributed by atoms with Crippen LogP contribution in [0.4, 0.5) is 0 Å². The molecule has 1 aliphatic carbocycles. The molecule has 1 heterocycles. The fourth-order valence-electron chi connectivity index (χ4n) is 2.92. The number of fused-ring (bicyclic) bond motifs is 1. The summed E-state index contributed by atoms with van der Waals surface area (Å²) in [6, 6.07) is 8.33. The number of nitrogens with zero attached hydrogens (tertiary/aromatic N) is 2. The quantitative estimate of drug-likeness (QED) is 0.799. The van der Waals surface area contributed by atoms with Crippen LogP contribution in [0.5, 0.6) is 0 Å². The second kappa shape index (κ2) is 5.16. The Bertz CT molecular complexity index is 504. The molecule has 3 nitrogen and oxygen atoms in total. The monoisotopic (exact) mass is 256 g/mol. The van der Waals surface area contributed by atoms with E-state index in [2.05, 4.69) is 36.3 Å². The van der Waals surface area contributed by atoms with E-state index in [-0.39, 0.29) is 11.8 Å². The van der Waals surface area contributed by atoms with Crippen LogP contribution in [0.25, 0.3) is 0 Å². The predicted molar refractivity (Wildman–Crippen MR) is 75.7 cm³/mol. The van der Waals surface area contributed by atoms with Gasteiger partial charge in [-0.25, -0.2) is 5.01 Å². The average Bonchev–Trinajstić information content (AvgIpc) is 2.60. The lowest BCUT2D eigenvalue weighted by Crippen LogP contribution is -2.26. The summed E-state index contributed by atoms with van der Waals surface area (Å²) < 4.78 is 0. The summed E-state index contributed by atoms with van der Waals surface area (Å²) in [4.78, 5) is 12.4. The smallest absolute Gasteiger partial charge is 0.251 e. The minimum Gasteiger partial charge on any atom is -0.272 e. The van der Waals surface area contributed by atoms with E-state index >= 15 is 0 Å². The van der Waals surface area contributed by atoms with Gasteiger partial charge < -0.3 is 0 Å². The minimum atomic E-state index is 0.0768. The summed E-state index contributed by atoms with van der Waals surface area (Å²) in [5.74, 6) is 0.283. The Morgan fingerprint density at radius 3 is 2.79 bits per heavy atom. The molecule has 0 aromatic heterocycles. The molecule has 0 radical (unpaired) electrons. The zero-order valence-electron chi connectivity index (χ0n) is 11.4. The van der Waals surface area contributed by atoms with Crippen molar-refractivity contribution in [3.8, 4) is 0 Å². The molecule has 100 valence electrons. The average molecular weight is 256 g/mol. The lowest BCUT2D eigenvalue weighted by Gasteiger charge is -2.14. The van der Waals surface area contributed by atoms with Gasteiger partial charge in [-0.2, -0.15) is 5.10 Å². The Kier molecular flexibility index (Phi) is 3.36. The predicted octanol–water partition coefficient (Wildman–Crippen LogP) is 3.27. The maximum atomic E-state index is 12.4. The van der Waals surface area contributed by atoms with E-state index in [0.717, 1.165) is 30.5 Å². The van der Waals surface area contributed by atoms with Gasteiger partial charge in [0.05, 0.1) is 18.2 Å². The topological polar surface area (TPSA) is 32.7 Å². The maximum Gasteiger partial charge on any atom is 0.251 e. The third-order valence-corrected chi connectivity index (χ3v) is 4.08. The summed E-state index contributed by atoms with van der Waals surface area (Å²) in [5.41, 5.74) is 3.52. The molecule has 0 saturated heterocycles. The summed E-state index contributed by atoms with van der Waals surface area (Å²) >= 11 is 0. The molecular weight excluding hydrogens is 236 g/mol. The number of carbonyl (C=O) groups excluding carboxylic acids is 1. The summed E-state index contributed by atoms with van der Waals surface area (Å²) in [6.07, 6.45) is 5.57. The van der Waals surface area contributed by atoms with Crippen molar-refractivity contribution in [2.75, 3.05) is 0 Å². The third-order valence-electron chi connectivity index (χ3n) is 4.08. The first-order valence-electron chi connectivity index (χ1n) is 7.18. The van der Waals surface area contributed by atoms with E-state index < -0.39 is 0 Å². The zero-order chi connectivity index (χ0) is 13.2. The van der Waals surface area contributed by atoms with Crippen molar-refractivity contribution in [3.05, 3.63) is 35.4 Å². The van der Waals surface area contributed by atoms with E-state index in [1.165, 1.54) is 18.4 Å². The standard InChI is InChI=1S/C16H20N2O/c1-12-7-9-13(10-8-12)11-18-16(19)14-5-3-2-4-6-15(14)17-18/h7-10,14H,2-6,11H2,1H3. The molecule has 1 aromatic rings. The van der Waals surface area contributed by atoms with Crippen molar-refractivity contribution in [3.63, 3.8) is 0 Å². The molecule has 1 aliphatic heterocycles. The van der Waals surface area contributed by atoms with Crippen molar-refractivity contribution in [2.24, 2.45) is 11.0 Å². The normalized spacial score (nSPS) is 23.0. The number of aryl methyl sites for hydroxylation is 1. The van der Waals surface area contributed by atoms with Crippen LogP contribution in [-0.2, 0) is 11.3 Å². The SMILES string of the molecule is Cc1ccc(CN2N=C3CCCCCC3C2=O)cc1. The van der Waals surface area contributed by atoms with Crippen LogP contribution in [0.3, 0.4) is 0 Å². The van der Waals surface area contributed by atoms with Gasteiger partial charge in [0.15, 0.2) is 0 Å². The maximum absolute atomic E-state index is 12.4. The molecule has 1 fully saturated rings. The van der Waals surface area contributed by atoms with Gasteiger partial charge >= 0.3 is 0 Å². The minimum absolute atomic E-state index is 0.0768. The van der Waals surface area contributed by atoms with Crippen LogP contribution in [0, 0.1) is 12.8 Å². The fourth-order valence-corrected chi connectivity index (χ4v) is 2.92.